The SMILES string of the molecule is CC(=O)N1CCc2cc(S(=O)(=O)N[C@H](C)CO)ccc21. The highest BCUT2D eigenvalue weighted by Gasteiger charge is 2.25. The summed E-state index contributed by atoms with van der Waals surface area (Å²) in [5, 5.41) is 8.92. The van der Waals surface area contributed by atoms with Crippen LogP contribution in [0, 0.1) is 0 Å². The van der Waals surface area contributed by atoms with Gasteiger partial charge in [0, 0.05) is 25.2 Å². The molecule has 0 radical (unpaired) electrons. The average molecular weight is 298 g/mol. The maximum atomic E-state index is 12.1. The third-order valence-electron chi connectivity index (χ3n) is 3.27. The Bertz CT molecular complexity index is 627. The summed E-state index contributed by atoms with van der Waals surface area (Å²) >= 11 is 0. The van der Waals surface area contributed by atoms with E-state index in [-0.39, 0.29) is 17.4 Å². The highest BCUT2D eigenvalue weighted by molar-refractivity contribution is 7.89. The van der Waals surface area contributed by atoms with Crippen LogP contribution in [-0.4, -0.2) is 38.6 Å². The van der Waals surface area contributed by atoms with E-state index in [9.17, 15) is 13.2 Å². The molecule has 0 fully saturated rings. The Morgan fingerprint density at radius 2 is 2.20 bits per heavy atom. The first-order valence-corrected chi connectivity index (χ1v) is 7.87. The molecule has 1 aromatic carbocycles. The van der Waals surface area contributed by atoms with E-state index >= 15 is 0 Å². The van der Waals surface area contributed by atoms with Gasteiger partial charge >= 0.3 is 0 Å². The smallest absolute Gasteiger partial charge is 0.240 e. The molecule has 0 aromatic heterocycles. The molecule has 6 nitrogen and oxygen atoms in total. The first kappa shape index (κ1) is 15.0. The summed E-state index contributed by atoms with van der Waals surface area (Å²) < 4.78 is 26.6. The second-order valence-corrected chi connectivity index (χ2v) is 6.63. The van der Waals surface area contributed by atoms with Gasteiger partial charge in [0.25, 0.3) is 0 Å². The van der Waals surface area contributed by atoms with Gasteiger partial charge in [-0.2, -0.15) is 0 Å². The van der Waals surface area contributed by atoms with E-state index < -0.39 is 16.1 Å². The lowest BCUT2D eigenvalue weighted by Crippen LogP contribution is -2.35. The molecule has 1 atom stereocenters. The van der Waals surface area contributed by atoms with Gasteiger partial charge in [0.15, 0.2) is 0 Å². The van der Waals surface area contributed by atoms with Gasteiger partial charge in [0.1, 0.15) is 0 Å². The lowest BCUT2D eigenvalue weighted by atomic mass is 10.2. The second-order valence-electron chi connectivity index (χ2n) is 4.92. The van der Waals surface area contributed by atoms with Crippen LogP contribution in [0.15, 0.2) is 23.1 Å². The maximum Gasteiger partial charge on any atom is 0.240 e. The third-order valence-corrected chi connectivity index (χ3v) is 4.85. The molecule has 1 heterocycles. The lowest BCUT2D eigenvalue weighted by Gasteiger charge is -2.15. The van der Waals surface area contributed by atoms with Crippen molar-refractivity contribution in [3.8, 4) is 0 Å². The Balaban J connectivity index is 2.31. The number of nitrogens with zero attached hydrogens (tertiary/aromatic N) is 1. The number of rotatable bonds is 4. The van der Waals surface area contributed by atoms with Crippen molar-refractivity contribution in [2.45, 2.75) is 31.2 Å². The van der Waals surface area contributed by atoms with E-state index in [1.807, 2.05) is 0 Å². The lowest BCUT2D eigenvalue weighted by molar-refractivity contribution is -0.116. The summed E-state index contributed by atoms with van der Waals surface area (Å²) in [5.74, 6) is -0.0496. The number of hydrogen-bond donors (Lipinski definition) is 2. The Kier molecular flexibility index (Phi) is 4.12. The number of nitrogens with one attached hydrogen (secondary N) is 1. The average Bonchev–Trinajstić information content (AvgIpc) is 2.80. The predicted molar refractivity (Wildman–Crippen MR) is 75.0 cm³/mol. The first-order valence-electron chi connectivity index (χ1n) is 6.39. The molecule has 0 unspecified atom stereocenters. The second kappa shape index (κ2) is 5.51. The highest BCUT2D eigenvalue weighted by Crippen LogP contribution is 2.30. The zero-order valence-electron chi connectivity index (χ0n) is 11.5. The van der Waals surface area contributed by atoms with Crippen LogP contribution < -0.4 is 9.62 Å². The van der Waals surface area contributed by atoms with E-state index in [0.717, 1.165) is 11.3 Å². The van der Waals surface area contributed by atoms with Crippen molar-refractivity contribution in [2.75, 3.05) is 18.1 Å². The highest BCUT2D eigenvalue weighted by atomic mass is 32.2. The number of benzene rings is 1. The van der Waals surface area contributed by atoms with E-state index in [4.69, 9.17) is 5.11 Å². The van der Waals surface area contributed by atoms with Crippen molar-refractivity contribution < 1.29 is 18.3 Å². The number of fused-ring (bicyclic) bond motifs is 1. The van der Waals surface area contributed by atoms with Crippen molar-refractivity contribution in [1.29, 1.82) is 0 Å². The summed E-state index contributed by atoms with van der Waals surface area (Å²) in [4.78, 5) is 13.2. The number of carbonyl (C=O) groups excluding carboxylic acids is 1. The zero-order valence-corrected chi connectivity index (χ0v) is 12.3. The van der Waals surface area contributed by atoms with Crippen molar-refractivity contribution in [3.05, 3.63) is 23.8 Å². The van der Waals surface area contributed by atoms with Gasteiger partial charge in [-0.05, 0) is 37.1 Å². The maximum absolute atomic E-state index is 12.1. The van der Waals surface area contributed by atoms with Gasteiger partial charge in [-0.3, -0.25) is 4.79 Å². The molecule has 110 valence electrons. The molecule has 1 aliphatic rings. The van der Waals surface area contributed by atoms with Crippen molar-refractivity contribution in [3.63, 3.8) is 0 Å². The molecule has 2 N–H and O–H groups in total. The van der Waals surface area contributed by atoms with Crippen LogP contribution in [0.4, 0.5) is 5.69 Å². The number of aliphatic hydroxyl groups is 1. The normalized spacial score (nSPS) is 16.1. The van der Waals surface area contributed by atoms with Crippen molar-refractivity contribution in [1.82, 2.24) is 4.72 Å². The van der Waals surface area contributed by atoms with E-state index in [1.165, 1.54) is 13.0 Å². The minimum absolute atomic E-state index is 0.0496. The van der Waals surface area contributed by atoms with Gasteiger partial charge in [-0.25, -0.2) is 13.1 Å². The van der Waals surface area contributed by atoms with E-state index in [1.54, 1.807) is 24.0 Å². The molecule has 1 aromatic rings. The Morgan fingerprint density at radius 1 is 1.50 bits per heavy atom. The van der Waals surface area contributed by atoms with Gasteiger partial charge in [0.05, 0.1) is 11.5 Å². The van der Waals surface area contributed by atoms with Crippen molar-refractivity contribution in [2.24, 2.45) is 0 Å². The molecule has 0 saturated heterocycles. The standard InChI is InChI=1S/C13H18N2O4S/c1-9(8-16)14-20(18,19)12-3-4-13-11(7-12)5-6-15(13)10(2)17/h3-4,7,9,14,16H,5-6,8H2,1-2H3/t9-/m1/s1. The van der Waals surface area contributed by atoms with Crippen LogP contribution in [0.3, 0.4) is 0 Å². The molecule has 7 heteroatoms. The molecule has 20 heavy (non-hydrogen) atoms. The number of hydrogen-bond acceptors (Lipinski definition) is 4. The minimum atomic E-state index is -3.64. The predicted octanol–water partition coefficient (Wildman–Crippen LogP) is 0.255. The van der Waals surface area contributed by atoms with Crippen LogP contribution >= 0.6 is 0 Å². The Hall–Kier alpha value is -1.44. The van der Waals surface area contributed by atoms with E-state index in [2.05, 4.69) is 4.72 Å². The summed E-state index contributed by atoms with van der Waals surface area (Å²) in [6.07, 6.45) is 0.647. The number of sulfonamides is 1. The van der Waals surface area contributed by atoms with Crippen LogP contribution in [-0.2, 0) is 21.2 Å². The van der Waals surface area contributed by atoms with Gasteiger partial charge in [-0.1, -0.05) is 0 Å². The van der Waals surface area contributed by atoms with Gasteiger partial charge < -0.3 is 10.0 Å². The summed E-state index contributed by atoms with van der Waals surface area (Å²) in [6.45, 7) is 3.39. The molecule has 0 aliphatic carbocycles. The van der Waals surface area contributed by atoms with E-state index in [0.29, 0.717) is 13.0 Å². The Labute approximate surface area is 118 Å². The largest absolute Gasteiger partial charge is 0.395 e. The Morgan fingerprint density at radius 3 is 2.80 bits per heavy atom. The molecule has 0 spiro atoms. The summed E-state index contributed by atoms with van der Waals surface area (Å²) in [5.41, 5.74) is 1.62. The van der Waals surface area contributed by atoms with Crippen LogP contribution in [0.1, 0.15) is 19.4 Å². The molecular weight excluding hydrogens is 280 g/mol. The van der Waals surface area contributed by atoms with Gasteiger partial charge in [0.2, 0.25) is 15.9 Å². The third kappa shape index (κ3) is 2.84. The molecule has 0 bridgehead atoms. The molecule has 2 rings (SSSR count). The number of amides is 1. The fourth-order valence-electron chi connectivity index (χ4n) is 2.24. The summed E-state index contributed by atoms with van der Waals surface area (Å²) in [6, 6.07) is 4.18. The monoisotopic (exact) mass is 298 g/mol. The molecular formula is C13H18N2O4S. The summed E-state index contributed by atoms with van der Waals surface area (Å²) in [7, 11) is -3.64. The van der Waals surface area contributed by atoms with Crippen LogP contribution in [0.25, 0.3) is 0 Å². The van der Waals surface area contributed by atoms with Crippen LogP contribution in [0.5, 0.6) is 0 Å². The number of carbonyl (C=O) groups is 1. The fraction of sp³-hybridized carbons (Fsp3) is 0.462. The minimum Gasteiger partial charge on any atom is -0.395 e. The first-order chi connectivity index (χ1) is 9.35. The topological polar surface area (TPSA) is 86.7 Å². The molecule has 0 saturated carbocycles. The number of anilines is 1. The molecule has 1 amide bonds. The van der Waals surface area contributed by atoms with Gasteiger partial charge in [-0.15, -0.1) is 0 Å². The van der Waals surface area contributed by atoms with Crippen molar-refractivity contribution >= 4 is 21.6 Å². The zero-order chi connectivity index (χ0) is 14.9. The molecule has 1 aliphatic heterocycles. The fourth-order valence-corrected chi connectivity index (χ4v) is 3.53. The quantitative estimate of drug-likeness (QED) is 0.834. The number of aliphatic hydroxyl groups excluding tert-OH is 1. The van der Waals surface area contributed by atoms with Crippen LogP contribution in [0.2, 0.25) is 0 Å².